The van der Waals surface area contributed by atoms with Gasteiger partial charge in [-0.05, 0) is 25.8 Å². The van der Waals surface area contributed by atoms with E-state index in [1.54, 1.807) is 6.92 Å². The summed E-state index contributed by atoms with van der Waals surface area (Å²) in [6, 6.07) is 11.5. The van der Waals surface area contributed by atoms with E-state index < -0.39 is 12.1 Å². The van der Waals surface area contributed by atoms with Gasteiger partial charge in [-0.3, -0.25) is 4.79 Å². The van der Waals surface area contributed by atoms with Crippen molar-refractivity contribution in [1.82, 2.24) is 10.5 Å². The Morgan fingerprint density at radius 1 is 1.29 bits per heavy atom. The molecule has 0 aliphatic heterocycles. The van der Waals surface area contributed by atoms with Gasteiger partial charge in [-0.1, -0.05) is 42.4 Å². The first kappa shape index (κ1) is 17.7. The molecule has 1 heterocycles. The fourth-order valence-electron chi connectivity index (χ4n) is 2.32. The van der Waals surface area contributed by atoms with Crippen LogP contribution in [-0.2, 0) is 9.53 Å². The molecule has 0 aliphatic carbocycles. The molecular weight excluding hydrogens is 308 g/mol. The highest BCUT2D eigenvalue weighted by atomic mass is 16.6. The molecule has 1 amide bonds. The van der Waals surface area contributed by atoms with Crippen LogP contribution in [0.4, 0.5) is 0 Å². The summed E-state index contributed by atoms with van der Waals surface area (Å²) < 4.78 is 9.92. The number of hydrogen-bond acceptors (Lipinski definition) is 5. The first-order valence-electron chi connectivity index (χ1n) is 7.98. The summed E-state index contributed by atoms with van der Waals surface area (Å²) in [4.78, 5) is 24.0. The van der Waals surface area contributed by atoms with E-state index in [9.17, 15) is 9.59 Å². The second-order valence-electron chi connectivity index (χ2n) is 5.64. The van der Waals surface area contributed by atoms with Crippen molar-refractivity contribution in [3.63, 3.8) is 0 Å². The summed E-state index contributed by atoms with van der Waals surface area (Å²) >= 11 is 0. The first-order valence-corrected chi connectivity index (χ1v) is 7.98. The number of aryl methyl sites for hydroxylation is 1. The van der Waals surface area contributed by atoms with Gasteiger partial charge in [-0.15, -0.1) is 0 Å². The zero-order chi connectivity index (χ0) is 17.5. The molecule has 0 saturated heterocycles. The molecule has 2 aromatic rings. The van der Waals surface area contributed by atoms with Gasteiger partial charge in [0.1, 0.15) is 0 Å². The number of esters is 1. The summed E-state index contributed by atoms with van der Waals surface area (Å²) in [5, 5.41) is 6.45. The van der Waals surface area contributed by atoms with Gasteiger partial charge in [-0.2, -0.15) is 0 Å². The van der Waals surface area contributed by atoms with Gasteiger partial charge in [0.15, 0.2) is 6.10 Å². The van der Waals surface area contributed by atoms with Crippen LogP contribution in [0.25, 0.3) is 0 Å². The topological polar surface area (TPSA) is 81.4 Å². The van der Waals surface area contributed by atoms with Crippen molar-refractivity contribution in [3.05, 3.63) is 53.4 Å². The highest BCUT2D eigenvalue weighted by Gasteiger charge is 2.22. The lowest BCUT2D eigenvalue weighted by atomic mass is 9.96. The molecule has 6 heteroatoms. The standard InChI is InChI=1S/C18H22N2O4/c1-4-14(15-8-6-5-7-9-15)11-19-17(21)13(3)23-18(22)16-10-12(2)20-24-16/h5-10,13-14H,4,11H2,1-3H3,(H,19,21)/t13-,14+/m0/s1. The molecule has 0 bridgehead atoms. The zero-order valence-corrected chi connectivity index (χ0v) is 14.1. The number of carbonyl (C=O) groups is 2. The van der Waals surface area contributed by atoms with E-state index in [1.165, 1.54) is 18.6 Å². The third kappa shape index (κ3) is 4.68. The van der Waals surface area contributed by atoms with E-state index in [0.717, 1.165) is 6.42 Å². The number of nitrogens with one attached hydrogen (secondary N) is 1. The molecule has 1 aromatic carbocycles. The van der Waals surface area contributed by atoms with E-state index in [0.29, 0.717) is 12.2 Å². The van der Waals surface area contributed by atoms with Crippen LogP contribution < -0.4 is 5.32 Å². The SMILES string of the molecule is CC[C@H](CNC(=O)[C@H](C)OC(=O)c1cc(C)no1)c1ccccc1. The zero-order valence-electron chi connectivity index (χ0n) is 14.1. The fourth-order valence-corrected chi connectivity index (χ4v) is 2.32. The molecule has 0 fully saturated rings. The molecule has 2 atom stereocenters. The van der Waals surface area contributed by atoms with Gasteiger partial charge in [0.05, 0.1) is 5.69 Å². The average Bonchev–Trinajstić information content (AvgIpc) is 3.02. The minimum atomic E-state index is -0.906. The van der Waals surface area contributed by atoms with E-state index in [1.807, 2.05) is 30.3 Å². The molecular formula is C18H22N2O4. The summed E-state index contributed by atoms with van der Waals surface area (Å²) in [6.07, 6.45) is -0.00769. The van der Waals surface area contributed by atoms with Crippen molar-refractivity contribution in [2.75, 3.05) is 6.54 Å². The Balaban J connectivity index is 1.86. The maximum Gasteiger partial charge on any atom is 0.377 e. The lowest BCUT2D eigenvalue weighted by Crippen LogP contribution is -2.37. The maximum absolute atomic E-state index is 12.1. The summed E-state index contributed by atoms with van der Waals surface area (Å²) in [6.45, 7) is 5.78. The maximum atomic E-state index is 12.1. The van der Waals surface area contributed by atoms with Crippen molar-refractivity contribution >= 4 is 11.9 Å². The molecule has 2 rings (SSSR count). The molecule has 6 nitrogen and oxygen atoms in total. The Morgan fingerprint density at radius 2 is 2.00 bits per heavy atom. The predicted octanol–water partition coefficient (Wildman–Crippen LogP) is 2.84. The van der Waals surface area contributed by atoms with Gasteiger partial charge in [0.25, 0.3) is 5.91 Å². The summed E-state index contributed by atoms with van der Waals surface area (Å²) in [5.74, 6) is -0.833. The number of amides is 1. The lowest BCUT2D eigenvalue weighted by molar-refractivity contribution is -0.129. The normalized spacial score (nSPS) is 13.1. The molecule has 0 spiro atoms. The molecule has 0 saturated carbocycles. The van der Waals surface area contributed by atoms with E-state index in [2.05, 4.69) is 17.4 Å². The highest BCUT2D eigenvalue weighted by Crippen LogP contribution is 2.18. The van der Waals surface area contributed by atoms with Crippen LogP contribution in [0, 0.1) is 6.92 Å². The predicted molar refractivity (Wildman–Crippen MR) is 88.6 cm³/mol. The number of benzene rings is 1. The first-order chi connectivity index (χ1) is 11.5. The van der Waals surface area contributed by atoms with Crippen LogP contribution in [-0.4, -0.2) is 29.7 Å². The fraction of sp³-hybridized carbons (Fsp3) is 0.389. The molecule has 0 unspecified atom stereocenters. The number of hydrogen-bond donors (Lipinski definition) is 1. The Morgan fingerprint density at radius 3 is 2.58 bits per heavy atom. The number of carbonyl (C=O) groups excluding carboxylic acids is 2. The van der Waals surface area contributed by atoms with E-state index in [-0.39, 0.29) is 17.6 Å². The van der Waals surface area contributed by atoms with Crippen LogP contribution in [0.2, 0.25) is 0 Å². The van der Waals surface area contributed by atoms with E-state index >= 15 is 0 Å². The van der Waals surface area contributed by atoms with E-state index in [4.69, 9.17) is 9.26 Å². The monoisotopic (exact) mass is 330 g/mol. The molecule has 1 aromatic heterocycles. The van der Waals surface area contributed by atoms with Gasteiger partial charge in [-0.25, -0.2) is 4.79 Å². The molecule has 24 heavy (non-hydrogen) atoms. The lowest BCUT2D eigenvalue weighted by Gasteiger charge is -2.18. The van der Waals surface area contributed by atoms with Crippen molar-refractivity contribution in [1.29, 1.82) is 0 Å². The molecule has 0 aliphatic rings. The second-order valence-corrected chi connectivity index (χ2v) is 5.64. The average molecular weight is 330 g/mol. The third-order valence-corrected chi connectivity index (χ3v) is 3.77. The van der Waals surface area contributed by atoms with Crippen LogP contribution in [0.1, 0.15) is 48.0 Å². The minimum absolute atomic E-state index is 0.0112. The van der Waals surface area contributed by atoms with Gasteiger partial charge < -0.3 is 14.6 Å². The third-order valence-electron chi connectivity index (χ3n) is 3.77. The quantitative estimate of drug-likeness (QED) is 0.790. The van der Waals surface area contributed by atoms with Crippen LogP contribution in [0.5, 0.6) is 0 Å². The van der Waals surface area contributed by atoms with Crippen molar-refractivity contribution in [2.24, 2.45) is 0 Å². The number of ether oxygens (including phenoxy) is 1. The van der Waals surface area contributed by atoms with Crippen LogP contribution in [0.15, 0.2) is 40.9 Å². The number of aromatic nitrogens is 1. The van der Waals surface area contributed by atoms with Crippen molar-refractivity contribution in [3.8, 4) is 0 Å². The Kier molecular flexibility index (Phi) is 6.12. The van der Waals surface area contributed by atoms with Gasteiger partial charge >= 0.3 is 5.97 Å². The summed E-state index contributed by atoms with van der Waals surface area (Å²) in [5.41, 5.74) is 1.75. The Hall–Kier alpha value is -2.63. The van der Waals surface area contributed by atoms with Crippen molar-refractivity contribution < 1.29 is 18.8 Å². The van der Waals surface area contributed by atoms with Crippen LogP contribution in [0.3, 0.4) is 0 Å². The Bertz CT molecular complexity index is 681. The Labute approximate surface area is 141 Å². The van der Waals surface area contributed by atoms with Gasteiger partial charge in [0, 0.05) is 18.5 Å². The van der Waals surface area contributed by atoms with Gasteiger partial charge in [0.2, 0.25) is 5.76 Å². The second kappa shape index (κ2) is 8.29. The molecule has 0 radical (unpaired) electrons. The number of rotatable bonds is 7. The number of nitrogens with zero attached hydrogens (tertiary/aromatic N) is 1. The highest BCUT2D eigenvalue weighted by molar-refractivity contribution is 5.89. The van der Waals surface area contributed by atoms with Crippen molar-refractivity contribution in [2.45, 2.75) is 39.2 Å². The molecule has 128 valence electrons. The molecule has 1 N–H and O–H groups in total. The largest absolute Gasteiger partial charge is 0.447 e. The van der Waals surface area contributed by atoms with Crippen LogP contribution >= 0.6 is 0 Å². The smallest absolute Gasteiger partial charge is 0.377 e. The minimum Gasteiger partial charge on any atom is -0.447 e. The summed E-state index contributed by atoms with van der Waals surface area (Å²) in [7, 11) is 0.